The first-order chi connectivity index (χ1) is 13.9. The van der Waals surface area contributed by atoms with Gasteiger partial charge in [-0.1, -0.05) is 60.7 Å². The lowest BCUT2D eigenvalue weighted by Crippen LogP contribution is -2.17. The van der Waals surface area contributed by atoms with Crippen LogP contribution in [0, 0.1) is 0 Å². The first-order valence-electron chi connectivity index (χ1n) is 9.93. The molecule has 0 unspecified atom stereocenters. The number of hydrogen-bond acceptors (Lipinski definition) is 2. The smallest absolute Gasteiger partial charge is 0.0260 e. The lowest BCUT2D eigenvalue weighted by molar-refractivity contribution is 0.503. The Morgan fingerprint density at radius 3 is 1.18 bits per heavy atom. The summed E-state index contributed by atoms with van der Waals surface area (Å²) in [6, 6.07) is 21.3. The van der Waals surface area contributed by atoms with Gasteiger partial charge >= 0.3 is 0 Å². The lowest BCUT2D eigenvalue weighted by atomic mass is 10.0. The molecule has 2 aromatic carbocycles. The predicted molar refractivity (Wildman–Crippen MR) is 117 cm³/mol. The molecule has 2 aliphatic heterocycles. The molecule has 140 valence electrons. The molecule has 0 saturated carbocycles. The van der Waals surface area contributed by atoms with Crippen LogP contribution in [0.25, 0.3) is 0 Å². The molecule has 0 aliphatic carbocycles. The van der Waals surface area contributed by atoms with Crippen LogP contribution in [0.1, 0.15) is 11.1 Å². The van der Waals surface area contributed by atoms with Crippen LogP contribution in [-0.2, 0) is 12.8 Å². The molecule has 2 aliphatic rings. The molecule has 0 bridgehead atoms. The second kappa shape index (κ2) is 9.09. The van der Waals surface area contributed by atoms with E-state index in [0.717, 1.165) is 25.9 Å². The maximum atomic E-state index is 2.25. The van der Waals surface area contributed by atoms with Crippen LogP contribution in [0.5, 0.6) is 0 Å². The highest BCUT2D eigenvalue weighted by molar-refractivity contribution is 5.49. The third-order valence-corrected chi connectivity index (χ3v) is 5.12. The minimum atomic E-state index is 0.999. The second-order valence-electron chi connectivity index (χ2n) is 7.12. The second-order valence-corrected chi connectivity index (χ2v) is 7.12. The maximum absolute atomic E-state index is 2.25. The molecule has 0 N–H and O–H groups in total. The van der Waals surface area contributed by atoms with Crippen LogP contribution in [0.2, 0.25) is 0 Å². The molecule has 0 fully saturated rings. The van der Waals surface area contributed by atoms with Crippen molar-refractivity contribution in [2.45, 2.75) is 12.8 Å². The Balaban J connectivity index is 1.29. The van der Waals surface area contributed by atoms with E-state index < -0.39 is 0 Å². The molecule has 2 heterocycles. The zero-order valence-electron chi connectivity index (χ0n) is 16.1. The van der Waals surface area contributed by atoms with Crippen molar-refractivity contribution in [1.82, 2.24) is 9.80 Å². The van der Waals surface area contributed by atoms with Gasteiger partial charge in [0.15, 0.2) is 0 Å². The summed E-state index contributed by atoms with van der Waals surface area (Å²) in [5.74, 6) is 0. The van der Waals surface area contributed by atoms with Gasteiger partial charge in [0.05, 0.1) is 0 Å². The zero-order chi connectivity index (χ0) is 19.0. The van der Waals surface area contributed by atoms with E-state index in [2.05, 4.69) is 120 Å². The standard InChI is InChI=1S/C26H26N2/c1-3-7-23(8-4-1)11-17-27-19-13-25(14-20-27)26-15-21-28(22-16-26)18-12-24-9-5-2-6-10-24/h1-10,13-16,19-22H,11-12,17-18H2. The fourth-order valence-corrected chi connectivity index (χ4v) is 3.40. The zero-order valence-corrected chi connectivity index (χ0v) is 16.1. The van der Waals surface area contributed by atoms with Gasteiger partial charge in [0.2, 0.25) is 0 Å². The molecule has 2 aromatic rings. The summed E-state index contributed by atoms with van der Waals surface area (Å²) in [4.78, 5) is 4.50. The lowest BCUT2D eigenvalue weighted by Gasteiger charge is -2.22. The molecule has 0 saturated heterocycles. The van der Waals surface area contributed by atoms with Crippen molar-refractivity contribution >= 4 is 0 Å². The summed E-state index contributed by atoms with van der Waals surface area (Å²) < 4.78 is 0. The van der Waals surface area contributed by atoms with E-state index in [9.17, 15) is 0 Å². The van der Waals surface area contributed by atoms with Crippen molar-refractivity contribution in [1.29, 1.82) is 0 Å². The average molecular weight is 367 g/mol. The van der Waals surface area contributed by atoms with Gasteiger partial charge in [-0.2, -0.15) is 0 Å². The van der Waals surface area contributed by atoms with E-state index in [0.29, 0.717) is 0 Å². The number of nitrogens with zero attached hydrogens (tertiary/aromatic N) is 2. The van der Waals surface area contributed by atoms with Crippen molar-refractivity contribution in [3.05, 3.63) is 132 Å². The third-order valence-electron chi connectivity index (χ3n) is 5.12. The highest BCUT2D eigenvalue weighted by Gasteiger charge is 2.07. The van der Waals surface area contributed by atoms with Gasteiger partial charge < -0.3 is 9.80 Å². The van der Waals surface area contributed by atoms with Gasteiger partial charge in [-0.15, -0.1) is 0 Å². The summed E-state index contributed by atoms with van der Waals surface area (Å²) in [6.07, 6.45) is 19.6. The topological polar surface area (TPSA) is 6.48 Å². The number of rotatable bonds is 6. The summed E-state index contributed by atoms with van der Waals surface area (Å²) in [5, 5.41) is 0. The normalized spacial score (nSPS) is 15.6. The fraction of sp³-hybridized carbons (Fsp3) is 0.154. The van der Waals surface area contributed by atoms with E-state index in [1.54, 1.807) is 0 Å². The molecule has 0 amide bonds. The van der Waals surface area contributed by atoms with Gasteiger partial charge in [-0.05, 0) is 59.4 Å². The molecule has 28 heavy (non-hydrogen) atoms. The van der Waals surface area contributed by atoms with Crippen molar-refractivity contribution < 1.29 is 0 Å². The van der Waals surface area contributed by atoms with Crippen LogP contribution < -0.4 is 0 Å². The Bertz CT molecular complexity index is 808. The average Bonchev–Trinajstić information content (AvgIpc) is 2.78. The maximum Gasteiger partial charge on any atom is 0.0260 e. The third kappa shape index (κ3) is 4.92. The highest BCUT2D eigenvalue weighted by Crippen LogP contribution is 2.20. The van der Waals surface area contributed by atoms with E-state index in [1.165, 1.54) is 22.3 Å². The summed E-state index contributed by atoms with van der Waals surface area (Å²) >= 11 is 0. The van der Waals surface area contributed by atoms with E-state index in [-0.39, 0.29) is 0 Å². The summed E-state index contributed by atoms with van der Waals surface area (Å²) in [5.41, 5.74) is 5.27. The van der Waals surface area contributed by atoms with E-state index >= 15 is 0 Å². The van der Waals surface area contributed by atoms with Crippen LogP contribution in [0.4, 0.5) is 0 Å². The van der Waals surface area contributed by atoms with Crippen LogP contribution in [-0.4, -0.2) is 22.9 Å². The molecule has 4 rings (SSSR count). The van der Waals surface area contributed by atoms with Crippen LogP contribution in [0.15, 0.2) is 121 Å². The Morgan fingerprint density at radius 2 is 0.821 bits per heavy atom. The van der Waals surface area contributed by atoms with Crippen molar-refractivity contribution in [3.63, 3.8) is 0 Å². The van der Waals surface area contributed by atoms with Crippen molar-refractivity contribution in [2.24, 2.45) is 0 Å². The highest BCUT2D eigenvalue weighted by atomic mass is 15.1. The fourth-order valence-electron chi connectivity index (χ4n) is 3.40. The Labute approximate surface area is 168 Å². The molecule has 0 radical (unpaired) electrons. The Hall–Kier alpha value is -3.26. The Kier molecular flexibility index (Phi) is 5.89. The minimum Gasteiger partial charge on any atom is -0.354 e. The van der Waals surface area contributed by atoms with Crippen molar-refractivity contribution in [2.75, 3.05) is 13.1 Å². The first-order valence-corrected chi connectivity index (χ1v) is 9.93. The molecule has 2 nitrogen and oxygen atoms in total. The number of benzene rings is 2. The molecule has 0 spiro atoms. The molecule has 0 aromatic heterocycles. The van der Waals surface area contributed by atoms with Crippen LogP contribution in [0.3, 0.4) is 0 Å². The summed E-state index contributed by atoms with van der Waals surface area (Å²) in [6.45, 7) is 2.00. The minimum absolute atomic E-state index is 0.999. The number of hydrogen-bond donors (Lipinski definition) is 0. The van der Waals surface area contributed by atoms with Gasteiger partial charge in [-0.3, -0.25) is 0 Å². The van der Waals surface area contributed by atoms with Gasteiger partial charge in [-0.25, -0.2) is 0 Å². The summed E-state index contributed by atoms with van der Waals surface area (Å²) in [7, 11) is 0. The van der Waals surface area contributed by atoms with Gasteiger partial charge in [0.1, 0.15) is 0 Å². The number of allylic oxidation sites excluding steroid dienone is 6. The van der Waals surface area contributed by atoms with Crippen molar-refractivity contribution in [3.8, 4) is 0 Å². The largest absolute Gasteiger partial charge is 0.354 e. The quantitative estimate of drug-likeness (QED) is 0.670. The molecule has 0 atom stereocenters. The monoisotopic (exact) mass is 366 g/mol. The molecular formula is C26H26N2. The predicted octanol–water partition coefficient (Wildman–Crippen LogP) is 5.45. The molecule has 2 heteroatoms. The Morgan fingerprint density at radius 1 is 0.464 bits per heavy atom. The van der Waals surface area contributed by atoms with Gasteiger partial charge in [0.25, 0.3) is 0 Å². The first kappa shape index (κ1) is 18.1. The van der Waals surface area contributed by atoms with E-state index in [1.807, 2.05) is 0 Å². The van der Waals surface area contributed by atoms with E-state index in [4.69, 9.17) is 0 Å². The van der Waals surface area contributed by atoms with Crippen LogP contribution >= 0.6 is 0 Å². The van der Waals surface area contributed by atoms with Gasteiger partial charge in [0, 0.05) is 37.9 Å². The SMILES string of the molecule is C1=CN(CCc2ccccc2)C=CC1=C1C=CN(CCc2ccccc2)C=C1. The molecular weight excluding hydrogens is 340 g/mol.